The molecular formula is C26H23NO10S2W. The Kier molecular flexibility index (Phi) is 9.88. The molecule has 4 rings (SSSR count). The number of anilines is 1. The molecule has 0 bridgehead atoms. The Balaban J connectivity index is 0.00000105. The number of carbonyl (C=O) groups excluding carboxylic acids is 1. The monoisotopic (exact) mass is 757 g/mol. The zero-order valence-electron chi connectivity index (χ0n) is 21.3. The third kappa shape index (κ3) is 6.51. The van der Waals surface area contributed by atoms with E-state index in [1.165, 1.54) is 36.2 Å². The summed E-state index contributed by atoms with van der Waals surface area (Å²) >= 11 is 0. The summed E-state index contributed by atoms with van der Waals surface area (Å²) in [7, 11) is -10.0. The number of nitrogen functional groups attached to an aromatic ring is 1. The summed E-state index contributed by atoms with van der Waals surface area (Å²) in [5, 5.41) is 9.53. The van der Waals surface area contributed by atoms with E-state index in [-0.39, 0.29) is 53.8 Å². The fourth-order valence-corrected chi connectivity index (χ4v) is 5.40. The van der Waals surface area contributed by atoms with Gasteiger partial charge in [-0.1, -0.05) is 12.6 Å². The zero-order chi connectivity index (χ0) is 29.4. The number of hydrogen-bond donors (Lipinski definition) is 4. The summed E-state index contributed by atoms with van der Waals surface area (Å²) in [4.78, 5) is 21.4. The molecular weight excluding hydrogens is 734 g/mol. The van der Waals surface area contributed by atoms with Crippen LogP contribution in [-0.4, -0.2) is 43.3 Å². The topological polar surface area (TPSA) is 198 Å². The number of carbonyl (C=O) groups is 1. The molecule has 0 radical (unpaired) electrons. The smallest absolute Gasteiger partial charge is 0.478 e. The van der Waals surface area contributed by atoms with Crippen molar-refractivity contribution in [1.29, 1.82) is 0 Å². The summed E-state index contributed by atoms with van der Waals surface area (Å²) < 4.78 is 74.0. The first-order valence-electron chi connectivity index (χ1n) is 10.9. The van der Waals surface area contributed by atoms with E-state index in [9.17, 15) is 40.6 Å². The van der Waals surface area contributed by atoms with Gasteiger partial charge in [0, 0.05) is 21.9 Å². The molecule has 40 heavy (non-hydrogen) atoms. The van der Waals surface area contributed by atoms with E-state index < -0.39 is 58.7 Å². The number of fused-ring (bicyclic) bond motifs is 2. The second kappa shape index (κ2) is 12.0. The van der Waals surface area contributed by atoms with Gasteiger partial charge in [-0.15, -0.1) is 12.1 Å². The van der Waals surface area contributed by atoms with Crippen LogP contribution in [0.15, 0.2) is 52.3 Å². The molecule has 0 saturated carbocycles. The molecule has 0 spiro atoms. The fraction of sp³-hybridized carbons (Fsp3) is 0.115. The van der Waals surface area contributed by atoms with Crippen molar-refractivity contribution in [1.82, 2.24) is 0 Å². The predicted molar refractivity (Wildman–Crippen MR) is 142 cm³/mol. The molecule has 0 atom stereocenters. The van der Waals surface area contributed by atoms with Gasteiger partial charge in [0.05, 0.1) is 12.0 Å². The van der Waals surface area contributed by atoms with Crippen molar-refractivity contribution >= 4 is 50.3 Å². The molecule has 14 heteroatoms. The standard InChI is InChI=1S/C22H14NO10S2.C4H9.W/c1-10-2-4-13-17(12-5-3-11(9-24)8-15(12)22(25)26)14-6-7-16(23)21(35(30,31)32)19(14)33-18(13)20(10)34(27,28)29;1-4(2)3;/h2-8H,1,23H2,(H,25,26)(H,27,28,29)(H,30,31,32);1-3H3;/q2*-1;+2. The Morgan fingerprint density at radius 1 is 0.925 bits per heavy atom. The van der Waals surface area contributed by atoms with Crippen molar-refractivity contribution in [3.8, 4) is 11.5 Å². The zero-order valence-corrected chi connectivity index (χ0v) is 25.8. The van der Waals surface area contributed by atoms with Crippen LogP contribution in [0, 0.1) is 5.92 Å². The van der Waals surface area contributed by atoms with E-state index in [0.717, 1.165) is 12.1 Å². The van der Waals surface area contributed by atoms with E-state index in [1.807, 2.05) is 0 Å². The van der Waals surface area contributed by atoms with Crippen molar-refractivity contribution in [2.45, 2.75) is 30.6 Å². The molecule has 1 aliphatic rings. The molecule has 0 saturated heterocycles. The third-order valence-corrected chi connectivity index (χ3v) is 7.13. The average Bonchev–Trinajstić information content (AvgIpc) is 2.79. The molecule has 0 aromatic heterocycles. The van der Waals surface area contributed by atoms with Gasteiger partial charge in [-0.3, -0.25) is 9.11 Å². The van der Waals surface area contributed by atoms with Crippen LogP contribution in [0.3, 0.4) is 0 Å². The Morgan fingerprint density at radius 3 is 1.98 bits per heavy atom. The molecule has 0 unspecified atom stereocenters. The van der Waals surface area contributed by atoms with E-state index in [4.69, 9.17) is 10.5 Å². The normalized spacial score (nSPS) is 12.2. The molecule has 1 heterocycles. The predicted octanol–water partition coefficient (Wildman–Crippen LogP) is 2.30. The minimum atomic E-state index is -5.04. The number of ether oxygens (including phenoxy) is 1. The van der Waals surface area contributed by atoms with Crippen LogP contribution in [0.4, 0.5) is 5.69 Å². The van der Waals surface area contributed by atoms with Gasteiger partial charge in [-0.05, 0) is 29.0 Å². The number of hydrogen-bond acceptors (Lipinski definition) is 8. The van der Waals surface area contributed by atoms with E-state index >= 15 is 0 Å². The van der Waals surface area contributed by atoms with Crippen molar-refractivity contribution < 1.29 is 66.4 Å². The van der Waals surface area contributed by atoms with Crippen LogP contribution in [0.5, 0.6) is 11.5 Å². The van der Waals surface area contributed by atoms with Crippen LogP contribution in [0.2, 0.25) is 0 Å². The Bertz CT molecular complexity index is 1850. The van der Waals surface area contributed by atoms with Crippen LogP contribution in [0.25, 0.3) is 12.2 Å². The first-order valence-corrected chi connectivity index (χ1v) is 13.8. The summed E-state index contributed by atoms with van der Waals surface area (Å²) in [5.41, 5.74) is 4.64. The number of benzene rings is 3. The largest absolute Gasteiger partial charge is 2.00 e. The van der Waals surface area contributed by atoms with Crippen LogP contribution in [0.1, 0.15) is 47.8 Å². The van der Waals surface area contributed by atoms with Crippen molar-refractivity contribution in [3.63, 3.8) is 0 Å². The Hall–Kier alpha value is -3.35. The maximum atomic E-state index is 12.2. The molecule has 3 aromatic carbocycles. The maximum Gasteiger partial charge on any atom is 2.00 e. The van der Waals surface area contributed by atoms with E-state index in [2.05, 4.69) is 27.4 Å². The number of carboxylic acid groups (broad SMARTS) is 1. The molecule has 1 aliphatic heterocycles. The molecule has 0 amide bonds. The van der Waals surface area contributed by atoms with Crippen molar-refractivity contribution in [2.24, 2.45) is 0 Å². The molecule has 3 aromatic rings. The third-order valence-electron chi connectivity index (χ3n) is 5.23. The van der Waals surface area contributed by atoms with Crippen molar-refractivity contribution in [3.05, 3.63) is 81.1 Å². The Labute approximate surface area is 244 Å². The van der Waals surface area contributed by atoms with Crippen molar-refractivity contribution in [2.75, 3.05) is 5.73 Å². The van der Waals surface area contributed by atoms with Crippen LogP contribution >= 0.6 is 0 Å². The number of nitrogens with two attached hydrogens (primary N) is 1. The second-order valence-electron chi connectivity index (χ2n) is 8.89. The van der Waals surface area contributed by atoms with Gasteiger partial charge >= 0.3 is 27.0 Å². The SMILES string of the molecule is C=c1ccc2c(c1S(=O)(=O)O)Oc1c(ccc(N)c1S(=O)(=O)O)C=2c1ccc([C-]=O)cc1C(=O)O.C[C-](C)C.[W+2]. The molecule has 210 valence electrons. The van der Waals surface area contributed by atoms with Gasteiger partial charge in [0.25, 0.3) is 20.2 Å². The van der Waals surface area contributed by atoms with Gasteiger partial charge in [-0.2, -0.15) is 49.2 Å². The van der Waals surface area contributed by atoms with Crippen LogP contribution in [-0.2, 0) is 46.1 Å². The number of rotatable bonds is 5. The molecule has 11 nitrogen and oxygen atoms in total. The minimum Gasteiger partial charge on any atom is -0.478 e. The van der Waals surface area contributed by atoms with Gasteiger partial charge < -0.3 is 26.3 Å². The van der Waals surface area contributed by atoms with Gasteiger partial charge in [0.2, 0.25) is 0 Å². The molecule has 0 aliphatic carbocycles. The quantitative estimate of drug-likeness (QED) is 0.132. The minimum absolute atomic E-state index is 0. The van der Waals surface area contributed by atoms with E-state index in [0.29, 0.717) is 0 Å². The summed E-state index contributed by atoms with van der Waals surface area (Å²) in [6.07, 6.45) is 1.57. The fourth-order valence-electron chi connectivity index (χ4n) is 3.87. The summed E-state index contributed by atoms with van der Waals surface area (Å²) in [6, 6.07) is 8.49. The molecule has 0 fully saturated rings. The summed E-state index contributed by atoms with van der Waals surface area (Å²) in [6.45, 7) is 9.80. The number of carboxylic acids is 1. The second-order valence-corrected chi connectivity index (χ2v) is 11.6. The summed E-state index contributed by atoms with van der Waals surface area (Å²) in [5.74, 6) is -1.22. The first kappa shape index (κ1) is 32.9. The van der Waals surface area contributed by atoms with Gasteiger partial charge in [0.1, 0.15) is 4.90 Å². The van der Waals surface area contributed by atoms with Crippen LogP contribution < -0.4 is 20.9 Å². The Morgan fingerprint density at radius 2 is 1.48 bits per heavy atom. The molecule has 5 N–H and O–H groups in total. The van der Waals surface area contributed by atoms with Gasteiger partial charge in [0.15, 0.2) is 16.4 Å². The maximum absolute atomic E-state index is 12.2. The first-order chi connectivity index (χ1) is 18.0. The average molecular weight is 757 g/mol. The van der Waals surface area contributed by atoms with Gasteiger partial charge in [-0.25, -0.2) is 4.79 Å². The number of aromatic carboxylic acids is 1. The van der Waals surface area contributed by atoms with E-state index in [1.54, 1.807) is 6.29 Å².